The van der Waals surface area contributed by atoms with Gasteiger partial charge in [-0.1, -0.05) is 23.7 Å². The van der Waals surface area contributed by atoms with Gasteiger partial charge in [-0.25, -0.2) is 0 Å². The molecule has 2 heterocycles. The van der Waals surface area contributed by atoms with Crippen molar-refractivity contribution in [1.82, 2.24) is 5.32 Å². The number of benzene rings is 1. The Balaban J connectivity index is 1.74. The molecule has 3 atom stereocenters. The van der Waals surface area contributed by atoms with Crippen LogP contribution in [0.4, 0.5) is 0 Å². The summed E-state index contributed by atoms with van der Waals surface area (Å²) < 4.78 is 17.8. The monoisotopic (exact) mass is 352 g/mol. The molecule has 6 nitrogen and oxygen atoms in total. The van der Waals surface area contributed by atoms with E-state index in [-0.39, 0.29) is 24.7 Å². The minimum absolute atomic E-state index is 0.235. The lowest BCUT2D eigenvalue weighted by atomic mass is 9.96. The summed E-state index contributed by atoms with van der Waals surface area (Å²) in [5, 5.41) is 3.30. The van der Waals surface area contributed by atoms with E-state index in [1.165, 1.54) is 0 Å². The number of fused-ring (bicyclic) bond motifs is 1. The third-order valence-corrected chi connectivity index (χ3v) is 4.56. The molecule has 0 spiro atoms. The highest BCUT2D eigenvalue weighted by molar-refractivity contribution is 6.33. The Labute approximate surface area is 146 Å². The molecule has 1 amide bonds. The molecule has 2 fully saturated rings. The number of nitrogens with one attached hydrogen (secondary N) is 1. The maximum atomic E-state index is 12.4. The van der Waals surface area contributed by atoms with Gasteiger partial charge >= 0.3 is 0 Å². The predicted octanol–water partition coefficient (Wildman–Crippen LogP) is 2.06. The lowest BCUT2D eigenvalue weighted by Crippen LogP contribution is -2.51. The predicted molar refractivity (Wildman–Crippen MR) is 90.7 cm³/mol. The van der Waals surface area contributed by atoms with Gasteiger partial charge < -0.3 is 19.5 Å². The standard InChI is InChI=1S/C17H21ClN2O4/c1-16(2)23-14-13(8-19-3)22-10-17(14,24-16)9-20-15(21)11-6-4-5-7-12(11)18/h4-7,13-14H,3,8-10H2,1-2H3,(H,20,21)/t13-,14-,17+/m1/s1. The number of ether oxygens (including phenoxy) is 3. The molecule has 0 radical (unpaired) electrons. The number of halogens is 1. The fourth-order valence-corrected chi connectivity index (χ4v) is 3.50. The summed E-state index contributed by atoms with van der Waals surface area (Å²) in [7, 11) is 0. The van der Waals surface area contributed by atoms with Gasteiger partial charge in [-0.3, -0.25) is 9.79 Å². The van der Waals surface area contributed by atoms with Crippen LogP contribution < -0.4 is 5.32 Å². The largest absolute Gasteiger partial charge is 0.370 e. The van der Waals surface area contributed by atoms with E-state index in [4.69, 9.17) is 25.8 Å². The normalized spacial score (nSPS) is 30.8. The number of carbonyl (C=O) groups excluding carboxylic acids is 1. The van der Waals surface area contributed by atoms with Gasteiger partial charge in [0.05, 0.1) is 30.3 Å². The van der Waals surface area contributed by atoms with Gasteiger partial charge in [-0.15, -0.1) is 0 Å². The van der Waals surface area contributed by atoms with Crippen LogP contribution in [-0.4, -0.2) is 55.9 Å². The second-order valence-electron chi connectivity index (χ2n) is 6.52. The van der Waals surface area contributed by atoms with E-state index < -0.39 is 11.4 Å². The van der Waals surface area contributed by atoms with Crippen molar-refractivity contribution in [3.63, 3.8) is 0 Å². The van der Waals surface area contributed by atoms with Crippen LogP contribution in [-0.2, 0) is 14.2 Å². The fourth-order valence-electron chi connectivity index (χ4n) is 3.28. The first-order valence-electron chi connectivity index (χ1n) is 7.82. The summed E-state index contributed by atoms with van der Waals surface area (Å²) in [6.07, 6.45) is -0.550. The quantitative estimate of drug-likeness (QED) is 0.823. The molecule has 1 N–H and O–H groups in total. The maximum Gasteiger partial charge on any atom is 0.252 e. The summed E-state index contributed by atoms with van der Waals surface area (Å²) in [4.78, 5) is 16.3. The van der Waals surface area contributed by atoms with E-state index in [1.54, 1.807) is 24.3 Å². The van der Waals surface area contributed by atoms with Crippen LogP contribution in [0.3, 0.4) is 0 Å². The molecule has 3 rings (SSSR count). The Morgan fingerprint density at radius 3 is 2.92 bits per heavy atom. The Hall–Kier alpha value is -1.47. The van der Waals surface area contributed by atoms with Crippen molar-refractivity contribution in [1.29, 1.82) is 0 Å². The van der Waals surface area contributed by atoms with Gasteiger partial charge in [0.1, 0.15) is 17.8 Å². The molecule has 0 aliphatic carbocycles. The van der Waals surface area contributed by atoms with E-state index in [1.807, 2.05) is 13.8 Å². The number of rotatable bonds is 5. The summed E-state index contributed by atoms with van der Waals surface area (Å²) in [5.41, 5.74) is -0.316. The van der Waals surface area contributed by atoms with E-state index in [9.17, 15) is 4.79 Å². The second-order valence-corrected chi connectivity index (χ2v) is 6.93. The molecule has 24 heavy (non-hydrogen) atoms. The summed E-state index contributed by atoms with van der Waals surface area (Å²) >= 11 is 6.07. The third-order valence-electron chi connectivity index (χ3n) is 4.23. The van der Waals surface area contributed by atoms with Crippen molar-refractivity contribution in [3.05, 3.63) is 34.9 Å². The maximum absolute atomic E-state index is 12.4. The molecule has 2 aliphatic heterocycles. The van der Waals surface area contributed by atoms with Crippen molar-refractivity contribution in [2.45, 2.75) is 37.4 Å². The van der Waals surface area contributed by atoms with Crippen LogP contribution in [0.5, 0.6) is 0 Å². The number of carbonyl (C=O) groups is 1. The van der Waals surface area contributed by atoms with Crippen LogP contribution >= 0.6 is 11.6 Å². The number of nitrogens with zero attached hydrogens (tertiary/aromatic N) is 1. The highest BCUT2D eigenvalue weighted by Crippen LogP contribution is 2.43. The van der Waals surface area contributed by atoms with Gasteiger partial charge in [0.2, 0.25) is 0 Å². The molecule has 0 bridgehead atoms. The Morgan fingerprint density at radius 2 is 2.21 bits per heavy atom. The zero-order valence-corrected chi connectivity index (χ0v) is 14.5. The number of hydrogen-bond donors (Lipinski definition) is 1. The number of aliphatic imine (C=N–C) groups is 1. The first kappa shape index (κ1) is 17.4. The first-order chi connectivity index (χ1) is 11.4. The Bertz CT molecular complexity index is 651. The second kappa shape index (κ2) is 6.44. The van der Waals surface area contributed by atoms with Crippen molar-refractivity contribution >= 4 is 24.2 Å². The zero-order valence-electron chi connectivity index (χ0n) is 13.8. The fraction of sp³-hybridized carbons (Fsp3) is 0.529. The van der Waals surface area contributed by atoms with E-state index in [0.29, 0.717) is 23.7 Å². The van der Waals surface area contributed by atoms with Crippen LogP contribution in [0, 0.1) is 0 Å². The molecule has 130 valence electrons. The van der Waals surface area contributed by atoms with Crippen LogP contribution in [0.25, 0.3) is 0 Å². The van der Waals surface area contributed by atoms with Crippen LogP contribution in [0.15, 0.2) is 29.3 Å². The lowest BCUT2D eigenvalue weighted by Gasteiger charge is -2.27. The summed E-state index contributed by atoms with van der Waals surface area (Å²) in [5.74, 6) is -1.00. The van der Waals surface area contributed by atoms with Crippen molar-refractivity contribution in [2.24, 2.45) is 4.99 Å². The van der Waals surface area contributed by atoms with Crippen molar-refractivity contribution in [3.8, 4) is 0 Å². The van der Waals surface area contributed by atoms with Gasteiger partial charge in [0.15, 0.2) is 5.79 Å². The van der Waals surface area contributed by atoms with Gasteiger partial charge in [0, 0.05) is 0 Å². The van der Waals surface area contributed by atoms with E-state index in [2.05, 4.69) is 17.0 Å². The summed E-state index contributed by atoms with van der Waals surface area (Å²) in [6, 6.07) is 6.91. The average molecular weight is 353 g/mol. The smallest absolute Gasteiger partial charge is 0.252 e. The Kier molecular flexibility index (Phi) is 4.66. The highest BCUT2D eigenvalue weighted by Gasteiger charge is 2.60. The third kappa shape index (κ3) is 3.19. The number of hydrogen-bond acceptors (Lipinski definition) is 5. The van der Waals surface area contributed by atoms with Gasteiger partial charge in [-0.2, -0.15) is 0 Å². The zero-order chi connectivity index (χ0) is 17.4. The van der Waals surface area contributed by atoms with E-state index in [0.717, 1.165) is 0 Å². The minimum atomic E-state index is -0.747. The molecule has 0 saturated carbocycles. The molecule has 0 unspecified atom stereocenters. The molecule has 2 aliphatic rings. The molecule has 2 saturated heterocycles. The van der Waals surface area contributed by atoms with Crippen LogP contribution in [0.1, 0.15) is 24.2 Å². The topological polar surface area (TPSA) is 69.2 Å². The molecule has 0 aromatic heterocycles. The average Bonchev–Trinajstić information content (AvgIpc) is 2.97. The molecule has 1 aromatic rings. The Morgan fingerprint density at radius 1 is 1.46 bits per heavy atom. The highest BCUT2D eigenvalue weighted by atomic mass is 35.5. The van der Waals surface area contributed by atoms with Crippen LogP contribution in [0.2, 0.25) is 5.02 Å². The SMILES string of the molecule is C=NC[C@H]1OC[C@]2(CNC(=O)c3ccccc3Cl)OC(C)(C)O[C@H]12. The number of amides is 1. The van der Waals surface area contributed by atoms with Crippen molar-refractivity contribution in [2.75, 3.05) is 19.7 Å². The molecule has 7 heteroatoms. The molecular weight excluding hydrogens is 332 g/mol. The van der Waals surface area contributed by atoms with E-state index >= 15 is 0 Å². The summed E-state index contributed by atoms with van der Waals surface area (Å²) in [6.45, 7) is 8.21. The lowest BCUT2D eigenvalue weighted by molar-refractivity contribution is -0.188. The molecular formula is C17H21ClN2O4. The van der Waals surface area contributed by atoms with Crippen molar-refractivity contribution < 1.29 is 19.0 Å². The minimum Gasteiger partial charge on any atom is -0.370 e. The first-order valence-corrected chi connectivity index (χ1v) is 8.19. The molecule has 1 aromatic carbocycles. The van der Waals surface area contributed by atoms with Gasteiger partial charge in [-0.05, 0) is 32.7 Å². The van der Waals surface area contributed by atoms with Gasteiger partial charge in [0.25, 0.3) is 5.91 Å².